The number of hydrogen-bond acceptors (Lipinski definition) is 5. The van der Waals surface area contributed by atoms with E-state index in [1.165, 1.54) is 0 Å². The summed E-state index contributed by atoms with van der Waals surface area (Å²) in [4.78, 5) is 8.96. The average molecular weight is 285 g/mol. The van der Waals surface area contributed by atoms with Crippen LogP contribution in [0.25, 0.3) is 5.78 Å². The van der Waals surface area contributed by atoms with Crippen molar-refractivity contribution in [3.8, 4) is 0 Å². The number of rotatable bonds is 3. The molecule has 0 aromatic carbocycles. The molecular weight excluding hydrogens is 266 g/mol. The van der Waals surface area contributed by atoms with Gasteiger partial charge in [0.1, 0.15) is 5.69 Å². The van der Waals surface area contributed by atoms with E-state index in [9.17, 15) is 0 Å². The molecule has 0 saturated carbocycles. The van der Waals surface area contributed by atoms with Gasteiger partial charge in [0.05, 0.1) is 24.0 Å². The van der Waals surface area contributed by atoms with E-state index in [0.29, 0.717) is 12.3 Å². The van der Waals surface area contributed by atoms with E-state index < -0.39 is 5.54 Å². The smallest absolute Gasteiger partial charge is 0.234 e. The lowest BCUT2D eigenvalue weighted by Gasteiger charge is -2.13. The summed E-state index contributed by atoms with van der Waals surface area (Å²) in [7, 11) is 0. The van der Waals surface area contributed by atoms with Crippen molar-refractivity contribution in [3.05, 3.63) is 41.2 Å². The van der Waals surface area contributed by atoms with Crippen LogP contribution in [0.2, 0.25) is 0 Å². The van der Waals surface area contributed by atoms with Crippen LogP contribution in [-0.2, 0) is 12.1 Å². The first kappa shape index (κ1) is 13.7. The highest BCUT2D eigenvalue weighted by molar-refractivity contribution is 5.34. The first-order valence-electron chi connectivity index (χ1n) is 6.84. The molecule has 21 heavy (non-hydrogen) atoms. The molecule has 3 rings (SSSR count). The standard InChI is InChI=1S/C14H19N7/c1-9-5-10(2)21-7-11(17-13(21)16-9)6-20-8-12(18-19-20)14(3,4)15/h5,7-8H,6,15H2,1-4H3. The fourth-order valence-corrected chi connectivity index (χ4v) is 2.23. The van der Waals surface area contributed by atoms with Gasteiger partial charge in [0.2, 0.25) is 5.78 Å². The van der Waals surface area contributed by atoms with Crippen LogP contribution in [0.3, 0.4) is 0 Å². The van der Waals surface area contributed by atoms with Gasteiger partial charge < -0.3 is 5.73 Å². The number of hydrogen-bond donors (Lipinski definition) is 1. The SMILES string of the molecule is Cc1cc(C)n2cc(Cn3cc(C(C)(C)N)nn3)nc2n1. The average Bonchev–Trinajstić information content (AvgIpc) is 2.95. The predicted octanol–water partition coefficient (Wildman–Crippen LogP) is 1.18. The zero-order valence-corrected chi connectivity index (χ0v) is 12.7. The molecule has 0 amide bonds. The van der Waals surface area contributed by atoms with Crippen molar-refractivity contribution >= 4 is 5.78 Å². The van der Waals surface area contributed by atoms with Gasteiger partial charge in [-0.2, -0.15) is 0 Å². The summed E-state index contributed by atoms with van der Waals surface area (Å²) in [6.07, 6.45) is 3.83. The molecule has 0 unspecified atom stereocenters. The quantitative estimate of drug-likeness (QED) is 0.780. The minimum absolute atomic E-state index is 0.494. The Bertz CT molecular complexity index is 791. The van der Waals surface area contributed by atoms with Crippen LogP contribution in [-0.4, -0.2) is 29.4 Å². The van der Waals surface area contributed by atoms with E-state index in [2.05, 4.69) is 20.3 Å². The van der Waals surface area contributed by atoms with Crippen molar-refractivity contribution in [2.24, 2.45) is 5.73 Å². The van der Waals surface area contributed by atoms with Crippen molar-refractivity contribution in [2.75, 3.05) is 0 Å². The number of aromatic nitrogens is 6. The molecule has 3 aromatic heterocycles. The lowest BCUT2D eigenvalue weighted by molar-refractivity contribution is 0.533. The van der Waals surface area contributed by atoms with E-state index in [0.717, 1.165) is 22.8 Å². The second-order valence-electron chi connectivity index (χ2n) is 5.96. The molecule has 110 valence electrons. The summed E-state index contributed by atoms with van der Waals surface area (Å²) in [6.45, 7) is 8.36. The zero-order valence-electron chi connectivity index (χ0n) is 12.7. The molecule has 0 bridgehead atoms. The Labute approximate surface area is 122 Å². The molecule has 0 fully saturated rings. The van der Waals surface area contributed by atoms with Crippen LogP contribution in [0, 0.1) is 13.8 Å². The number of nitrogens with two attached hydrogens (primary N) is 1. The maximum Gasteiger partial charge on any atom is 0.234 e. The number of fused-ring (bicyclic) bond motifs is 1. The Hall–Kier alpha value is -2.28. The summed E-state index contributed by atoms with van der Waals surface area (Å²) < 4.78 is 3.72. The third kappa shape index (κ3) is 2.64. The Balaban J connectivity index is 1.91. The second-order valence-corrected chi connectivity index (χ2v) is 5.96. The molecule has 0 atom stereocenters. The first-order chi connectivity index (χ1) is 9.83. The van der Waals surface area contributed by atoms with Crippen LogP contribution in [0.4, 0.5) is 0 Å². The van der Waals surface area contributed by atoms with Gasteiger partial charge in [-0.3, -0.25) is 4.40 Å². The summed E-state index contributed by atoms with van der Waals surface area (Å²) in [5.74, 6) is 0.710. The number of nitrogens with zero attached hydrogens (tertiary/aromatic N) is 6. The van der Waals surface area contributed by atoms with E-state index in [1.807, 2.05) is 50.6 Å². The number of imidazole rings is 1. The minimum Gasteiger partial charge on any atom is -0.320 e. The largest absolute Gasteiger partial charge is 0.320 e. The summed E-state index contributed by atoms with van der Waals surface area (Å²) in [5.41, 5.74) is 9.25. The van der Waals surface area contributed by atoms with Gasteiger partial charge in [0.15, 0.2) is 0 Å². The summed E-state index contributed by atoms with van der Waals surface area (Å²) >= 11 is 0. The molecule has 0 aliphatic heterocycles. The van der Waals surface area contributed by atoms with E-state index in [-0.39, 0.29) is 0 Å². The Morgan fingerprint density at radius 3 is 2.62 bits per heavy atom. The Kier molecular flexibility index (Phi) is 3.02. The van der Waals surface area contributed by atoms with Crippen molar-refractivity contribution in [1.29, 1.82) is 0 Å². The Morgan fingerprint density at radius 2 is 1.95 bits per heavy atom. The molecule has 0 radical (unpaired) electrons. The van der Waals surface area contributed by atoms with Gasteiger partial charge in [0, 0.05) is 17.6 Å². The fraction of sp³-hybridized carbons (Fsp3) is 0.429. The third-order valence-electron chi connectivity index (χ3n) is 3.33. The number of aryl methyl sites for hydroxylation is 2. The molecule has 7 heteroatoms. The lowest BCUT2D eigenvalue weighted by atomic mass is 10.0. The van der Waals surface area contributed by atoms with Crippen molar-refractivity contribution in [1.82, 2.24) is 29.4 Å². The van der Waals surface area contributed by atoms with Gasteiger partial charge in [-0.25, -0.2) is 14.6 Å². The highest BCUT2D eigenvalue weighted by Crippen LogP contribution is 2.14. The molecule has 3 heterocycles. The van der Waals surface area contributed by atoms with Gasteiger partial charge in [0.25, 0.3) is 0 Å². The molecule has 0 aliphatic carbocycles. The van der Waals surface area contributed by atoms with Gasteiger partial charge in [-0.1, -0.05) is 5.21 Å². The van der Waals surface area contributed by atoms with E-state index >= 15 is 0 Å². The molecular formula is C14H19N7. The first-order valence-corrected chi connectivity index (χ1v) is 6.84. The van der Waals surface area contributed by atoms with Crippen LogP contribution in [0.1, 0.15) is 36.6 Å². The minimum atomic E-state index is -0.494. The third-order valence-corrected chi connectivity index (χ3v) is 3.33. The monoisotopic (exact) mass is 285 g/mol. The maximum absolute atomic E-state index is 6.02. The van der Waals surface area contributed by atoms with Crippen molar-refractivity contribution in [3.63, 3.8) is 0 Å². The fourth-order valence-electron chi connectivity index (χ4n) is 2.23. The maximum atomic E-state index is 6.02. The van der Waals surface area contributed by atoms with Crippen LogP contribution in [0.5, 0.6) is 0 Å². The van der Waals surface area contributed by atoms with Crippen LogP contribution in [0.15, 0.2) is 18.5 Å². The lowest BCUT2D eigenvalue weighted by Crippen LogP contribution is -2.29. The van der Waals surface area contributed by atoms with Crippen LogP contribution < -0.4 is 5.73 Å². The second kappa shape index (κ2) is 4.63. The van der Waals surface area contributed by atoms with Crippen LogP contribution >= 0.6 is 0 Å². The van der Waals surface area contributed by atoms with Gasteiger partial charge in [-0.15, -0.1) is 5.10 Å². The van der Waals surface area contributed by atoms with Gasteiger partial charge >= 0.3 is 0 Å². The summed E-state index contributed by atoms with van der Waals surface area (Å²) in [6, 6.07) is 2.03. The highest BCUT2D eigenvalue weighted by atomic mass is 15.4. The zero-order chi connectivity index (χ0) is 15.2. The van der Waals surface area contributed by atoms with Gasteiger partial charge in [-0.05, 0) is 33.8 Å². The molecule has 3 aromatic rings. The predicted molar refractivity (Wildman–Crippen MR) is 78.8 cm³/mol. The van der Waals surface area contributed by atoms with Crippen molar-refractivity contribution in [2.45, 2.75) is 39.8 Å². The normalized spacial score (nSPS) is 12.2. The van der Waals surface area contributed by atoms with E-state index in [1.54, 1.807) is 4.68 Å². The molecule has 0 aliphatic rings. The molecule has 2 N–H and O–H groups in total. The summed E-state index contributed by atoms with van der Waals surface area (Å²) in [5, 5.41) is 8.21. The molecule has 0 spiro atoms. The van der Waals surface area contributed by atoms with Crippen molar-refractivity contribution < 1.29 is 0 Å². The Morgan fingerprint density at radius 1 is 1.19 bits per heavy atom. The van der Waals surface area contributed by atoms with E-state index in [4.69, 9.17) is 5.73 Å². The topological polar surface area (TPSA) is 86.9 Å². The molecule has 0 saturated heterocycles. The molecule has 7 nitrogen and oxygen atoms in total. The highest BCUT2D eigenvalue weighted by Gasteiger charge is 2.18.